The molecule has 0 N–H and O–H groups in total. The molecule has 0 aliphatic carbocycles. The number of hydrogen-bond acceptors (Lipinski definition) is 3. The van der Waals surface area contributed by atoms with Crippen LogP contribution < -0.4 is 9.64 Å². The van der Waals surface area contributed by atoms with Gasteiger partial charge in [-0.2, -0.15) is 0 Å². The van der Waals surface area contributed by atoms with Crippen LogP contribution in [0.5, 0.6) is 5.75 Å². The Kier molecular flexibility index (Phi) is 4.47. The van der Waals surface area contributed by atoms with Crippen molar-refractivity contribution in [3.63, 3.8) is 0 Å². The second-order valence-electron chi connectivity index (χ2n) is 4.02. The van der Waals surface area contributed by atoms with Gasteiger partial charge in [0.05, 0.1) is 23.4 Å². The van der Waals surface area contributed by atoms with Gasteiger partial charge in [-0.05, 0) is 18.2 Å². The highest BCUT2D eigenvalue weighted by Gasteiger charge is 2.19. The molecule has 0 unspecified atom stereocenters. The van der Waals surface area contributed by atoms with E-state index < -0.39 is 0 Å². The van der Waals surface area contributed by atoms with Crippen LogP contribution >= 0.6 is 23.2 Å². The Labute approximate surface area is 126 Å². The number of benzene rings is 1. The molecule has 1 amide bonds. The van der Waals surface area contributed by atoms with E-state index in [1.54, 1.807) is 26.3 Å². The Balaban J connectivity index is 2.40. The third-order valence-corrected chi connectivity index (χ3v) is 3.31. The first-order valence-corrected chi connectivity index (χ1v) is 6.52. The number of ether oxygens (including phenoxy) is 1. The smallest absolute Gasteiger partial charge is 0.259 e. The maximum atomic E-state index is 12.5. The zero-order valence-corrected chi connectivity index (χ0v) is 12.4. The molecule has 0 fully saturated rings. The molecule has 0 spiro atoms. The number of nitrogens with zero attached hydrogens (tertiary/aromatic N) is 2. The lowest BCUT2D eigenvalue weighted by Crippen LogP contribution is -2.27. The normalized spacial score (nSPS) is 10.2. The summed E-state index contributed by atoms with van der Waals surface area (Å²) in [6, 6.07) is 8.66. The van der Waals surface area contributed by atoms with Crippen LogP contribution in [0.1, 0.15) is 10.4 Å². The van der Waals surface area contributed by atoms with Crippen molar-refractivity contribution in [2.45, 2.75) is 0 Å². The molecular weight excluding hydrogens is 299 g/mol. The quantitative estimate of drug-likeness (QED) is 0.812. The molecule has 0 aliphatic rings. The maximum absolute atomic E-state index is 12.5. The molecule has 0 atom stereocenters. The van der Waals surface area contributed by atoms with Crippen molar-refractivity contribution in [2.75, 3.05) is 19.1 Å². The number of hydrogen-bond donors (Lipinski definition) is 0. The van der Waals surface area contributed by atoms with Gasteiger partial charge in [0.15, 0.2) is 0 Å². The molecule has 2 rings (SSSR count). The molecule has 6 heteroatoms. The standard InChI is InChI=1S/C14H12Cl2N2O2/c1-18(11-5-3-4-6-12(11)20-2)14(19)9-7-13(16)17-8-10(9)15/h3-8H,1-2H3. The first-order chi connectivity index (χ1) is 9.54. The van der Waals surface area contributed by atoms with E-state index in [4.69, 9.17) is 27.9 Å². The largest absolute Gasteiger partial charge is 0.495 e. The third-order valence-electron chi connectivity index (χ3n) is 2.80. The van der Waals surface area contributed by atoms with Gasteiger partial charge < -0.3 is 9.64 Å². The summed E-state index contributed by atoms with van der Waals surface area (Å²) in [5.74, 6) is 0.309. The fourth-order valence-electron chi connectivity index (χ4n) is 1.77. The van der Waals surface area contributed by atoms with Gasteiger partial charge in [0.25, 0.3) is 5.91 Å². The molecule has 0 aliphatic heterocycles. The molecule has 4 nitrogen and oxygen atoms in total. The number of anilines is 1. The molecule has 20 heavy (non-hydrogen) atoms. The van der Waals surface area contributed by atoms with E-state index in [-0.39, 0.29) is 16.1 Å². The average Bonchev–Trinajstić information content (AvgIpc) is 2.48. The number of halogens is 2. The fraction of sp³-hybridized carbons (Fsp3) is 0.143. The summed E-state index contributed by atoms with van der Waals surface area (Å²) in [7, 11) is 3.19. The molecule has 0 saturated carbocycles. The topological polar surface area (TPSA) is 42.4 Å². The van der Waals surface area contributed by atoms with Crippen LogP contribution in [-0.4, -0.2) is 25.0 Å². The number of pyridine rings is 1. The summed E-state index contributed by atoms with van der Waals surface area (Å²) >= 11 is 11.8. The van der Waals surface area contributed by atoms with Gasteiger partial charge in [0.1, 0.15) is 10.9 Å². The molecule has 1 aromatic carbocycles. The minimum absolute atomic E-state index is 0.214. The van der Waals surface area contributed by atoms with E-state index in [1.807, 2.05) is 12.1 Å². The van der Waals surface area contributed by atoms with Crippen LogP contribution in [0.4, 0.5) is 5.69 Å². The number of methoxy groups -OCH3 is 1. The van der Waals surface area contributed by atoms with E-state index in [2.05, 4.69) is 4.98 Å². The highest BCUT2D eigenvalue weighted by Crippen LogP contribution is 2.29. The molecule has 1 aromatic heterocycles. The number of carbonyl (C=O) groups is 1. The van der Waals surface area contributed by atoms with Gasteiger partial charge in [-0.1, -0.05) is 35.3 Å². The van der Waals surface area contributed by atoms with Gasteiger partial charge in [0.2, 0.25) is 0 Å². The Bertz CT molecular complexity index is 647. The van der Waals surface area contributed by atoms with E-state index in [0.717, 1.165) is 0 Å². The molecule has 104 valence electrons. The monoisotopic (exact) mass is 310 g/mol. The Hall–Kier alpha value is -1.78. The van der Waals surface area contributed by atoms with E-state index in [1.165, 1.54) is 17.2 Å². The predicted octanol–water partition coefficient (Wildman–Crippen LogP) is 3.67. The van der Waals surface area contributed by atoms with Crippen molar-refractivity contribution in [3.8, 4) is 5.75 Å². The van der Waals surface area contributed by atoms with Crippen molar-refractivity contribution < 1.29 is 9.53 Å². The average molecular weight is 311 g/mol. The number of rotatable bonds is 3. The summed E-state index contributed by atoms with van der Waals surface area (Å²) in [4.78, 5) is 17.8. The van der Waals surface area contributed by atoms with E-state index in [9.17, 15) is 4.79 Å². The highest BCUT2D eigenvalue weighted by molar-refractivity contribution is 6.35. The van der Waals surface area contributed by atoms with Crippen LogP contribution in [0.2, 0.25) is 10.2 Å². The zero-order valence-electron chi connectivity index (χ0n) is 10.9. The summed E-state index contributed by atoms with van der Waals surface area (Å²) in [5, 5.41) is 0.465. The summed E-state index contributed by atoms with van der Waals surface area (Å²) in [6.07, 6.45) is 1.35. The number of aromatic nitrogens is 1. The predicted molar refractivity (Wildman–Crippen MR) is 80.0 cm³/mol. The third kappa shape index (κ3) is 2.86. The van der Waals surface area contributed by atoms with Crippen LogP contribution in [0.3, 0.4) is 0 Å². The molecule has 1 heterocycles. The highest BCUT2D eigenvalue weighted by atomic mass is 35.5. The lowest BCUT2D eigenvalue weighted by atomic mass is 10.2. The van der Waals surface area contributed by atoms with Crippen molar-refractivity contribution in [2.24, 2.45) is 0 Å². The molecule has 0 bridgehead atoms. The van der Waals surface area contributed by atoms with E-state index >= 15 is 0 Å². The first kappa shape index (κ1) is 14.6. The molecule has 0 radical (unpaired) electrons. The molecular formula is C14H12Cl2N2O2. The van der Waals surface area contributed by atoms with Gasteiger partial charge in [-0.15, -0.1) is 0 Å². The van der Waals surface area contributed by atoms with Crippen molar-refractivity contribution in [1.29, 1.82) is 0 Å². The summed E-state index contributed by atoms with van der Waals surface area (Å²) in [5.41, 5.74) is 0.934. The lowest BCUT2D eigenvalue weighted by Gasteiger charge is -2.20. The van der Waals surface area contributed by atoms with Crippen LogP contribution in [0.15, 0.2) is 36.5 Å². The summed E-state index contributed by atoms with van der Waals surface area (Å²) < 4.78 is 5.24. The zero-order chi connectivity index (χ0) is 14.7. The lowest BCUT2D eigenvalue weighted by molar-refractivity contribution is 0.0992. The van der Waals surface area contributed by atoms with Crippen molar-refractivity contribution in [1.82, 2.24) is 4.98 Å². The van der Waals surface area contributed by atoms with Crippen LogP contribution in [-0.2, 0) is 0 Å². The van der Waals surface area contributed by atoms with Gasteiger partial charge in [0, 0.05) is 13.2 Å². The van der Waals surface area contributed by atoms with Crippen molar-refractivity contribution in [3.05, 3.63) is 52.3 Å². The second kappa shape index (κ2) is 6.11. The maximum Gasteiger partial charge on any atom is 0.259 e. The Morgan fingerprint density at radius 2 is 2.00 bits per heavy atom. The minimum atomic E-state index is -0.288. The minimum Gasteiger partial charge on any atom is -0.495 e. The number of amides is 1. The Morgan fingerprint density at radius 1 is 1.30 bits per heavy atom. The van der Waals surface area contributed by atoms with Gasteiger partial charge in [-0.25, -0.2) is 4.98 Å². The SMILES string of the molecule is COc1ccccc1N(C)C(=O)c1cc(Cl)ncc1Cl. The van der Waals surface area contributed by atoms with Crippen LogP contribution in [0, 0.1) is 0 Å². The molecule has 2 aromatic rings. The second-order valence-corrected chi connectivity index (χ2v) is 4.82. The van der Waals surface area contributed by atoms with Crippen LogP contribution in [0.25, 0.3) is 0 Å². The number of para-hydroxylation sites is 2. The fourth-order valence-corrected chi connectivity index (χ4v) is 2.12. The Morgan fingerprint density at radius 3 is 2.70 bits per heavy atom. The van der Waals surface area contributed by atoms with Crippen molar-refractivity contribution >= 4 is 34.8 Å². The van der Waals surface area contributed by atoms with Gasteiger partial charge in [-0.3, -0.25) is 4.79 Å². The molecule has 0 saturated heterocycles. The van der Waals surface area contributed by atoms with Gasteiger partial charge >= 0.3 is 0 Å². The number of carbonyl (C=O) groups excluding carboxylic acids is 1. The van der Waals surface area contributed by atoms with E-state index in [0.29, 0.717) is 17.0 Å². The first-order valence-electron chi connectivity index (χ1n) is 5.76. The summed E-state index contributed by atoms with van der Waals surface area (Å²) in [6.45, 7) is 0.